The van der Waals surface area contributed by atoms with Crippen LogP contribution in [0, 0.1) is 10.1 Å². The average Bonchev–Trinajstić information content (AvgIpc) is 3.23. The number of nitrogens with one attached hydrogen (secondary N) is 2. The van der Waals surface area contributed by atoms with Crippen molar-refractivity contribution in [2.45, 2.75) is 28.8 Å². The lowest BCUT2D eigenvalue weighted by Gasteiger charge is -2.36. The number of hydrogen-bond acceptors (Lipinski definition) is 12. The molecule has 0 radical (unpaired) electrons. The quantitative estimate of drug-likeness (QED) is 0.0555. The van der Waals surface area contributed by atoms with Crippen LogP contribution in [0.3, 0.4) is 0 Å². The summed E-state index contributed by atoms with van der Waals surface area (Å²) in [6, 6.07) is 29.3. The molecule has 0 unspecified atom stereocenters. The van der Waals surface area contributed by atoms with Crippen LogP contribution in [-0.2, 0) is 16.6 Å². The van der Waals surface area contributed by atoms with Crippen LogP contribution in [-0.4, -0.2) is 96.7 Å². The molecule has 1 atom stereocenters. The Kier molecular flexibility index (Phi) is 13.0. The zero-order valence-electron chi connectivity index (χ0n) is 32.2. The predicted molar refractivity (Wildman–Crippen MR) is 233 cm³/mol. The van der Waals surface area contributed by atoms with Crippen molar-refractivity contribution in [2.75, 3.05) is 67.5 Å². The van der Waals surface area contributed by atoms with E-state index in [2.05, 4.69) is 45.8 Å². The van der Waals surface area contributed by atoms with E-state index in [4.69, 9.17) is 11.6 Å². The summed E-state index contributed by atoms with van der Waals surface area (Å²) in [4.78, 5) is 32.4. The van der Waals surface area contributed by atoms with Gasteiger partial charge in [-0.05, 0) is 98.9 Å². The third-order valence-electron chi connectivity index (χ3n) is 10.0. The highest BCUT2D eigenvalue weighted by Gasteiger charge is 2.25. The fraction of sp³-hybridized carbons (Fsp3) is 0.262. The number of nitro groups is 1. The molecular weight excluding hydrogens is 794 g/mol. The predicted octanol–water partition coefficient (Wildman–Crippen LogP) is 7.90. The van der Waals surface area contributed by atoms with E-state index in [1.165, 1.54) is 24.0 Å². The van der Waals surface area contributed by atoms with Gasteiger partial charge in [0.25, 0.3) is 15.7 Å². The van der Waals surface area contributed by atoms with Crippen molar-refractivity contribution >= 4 is 67.2 Å². The lowest BCUT2D eigenvalue weighted by molar-refractivity contribution is -0.384. The molecule has 16 heteroatoms. The molecule has 2 N–H and O–H groups in total. The topological polar surface area (TPSA) is 150 Å². The minimum absolute atomic E-state index is 0.0850. The van der Waals surface area contributed by atoms with Gasteiger partial charge in [0.2, 0.25) is 0 Å². The van der Waals surface area contributed by atoms with E-state index in [-0.39, 0.29) is 28.1 Å². The Balaban J connectivity index is 1.02. The number of rotatable bonds is 16. The summed E-state index contributed by atoms with van der Waals surface area (Å²) in [5, 5.41) is 16.8. The minimum Gasteiger partial charge on any atom is -0.376 e. The van der Waals surface area contributed by atoms with Gasteiger partial charge in [-0.1, -0.05) is 41.9 Å². The SMILES string of the molecule is CN(C)CC[C@H](CSc1ccccc1)Nc1ccc(S(=O)(=O)Nc2ncnc3cc(N4CCN(Cc5ccncc5-c5ccc(Cl)cc5)CC4)ccc23)cc1[N+](=O)[O-]. The van der Waals surface area contributed by atoms with Crippen molar-refractivity contribution in [3.63, 3.8) is 0 Å². The molecule has 1 saturated heterocycles. The lowest BCUT2D eigenvalue weighted by Crippen LogP contribution is -2.46. The first-order valence-corrected chi connectivity index (χ1v) is 21.7. The normalized spacial score (nSPS) is 14.1. The Bertz CT molecular complexity index is 2470. The third kappa shape index (κ3) is 10.2. The van der Waals surface area contributed by atoms with Crippen LogP contribution < -0.4 is 14.9 Å². The van der Waals surface area contributed by atoms with Gasteiger partial charge in [-0.3, -0.25) is 24.7 Å². The zero-order chi connectivity index (χ0) is 40.6. The standard InChI is InChI=1S/C42H44ClN9O4S2/c1-49(2)19-17-33(28-57-35-6-4-3-5-7-35)47-39-15-13-36(25-41(39)52(53)54)58(55,56)48-42-37-14-12-34(24-40(37)45-29-46-42)51-22-20-50(21-23-51)27-31-16-18-44-26-38(31)30-8-10-32(43)11-9-30/h3-16,18,24-26,29,33,47H,17,19-23,27-28H2,1-2H3,(H,45,46,48)/t33-/m1/s1. The molecule has 0 amide bonds. The minimum atomic E-state index is -4.27. The smallest absolute Gasteiger partial charge is 0.293 e. The molecule has 0 saturated carbocycles. The molecule has 3 heterocycles. The van der Waals surface area contributed by atoms with E-state index in [9.17, 15) is 18.5 Å². The van der Waals surface area contributed by atoms with E-state index in [0.717, 1.165) is 73.5 Å². The maximum Gasteiger partial charge on any atom is 0.293 e. The molecule has 1 fully saturated rings. The molecule has 4 aromatic carbocycles. The third-order valence-corrected chi connectivity index (χ3v) is 12.8. The number of pyridine rings is 1. The molecule has 0 aliphatic carbocycles. The van der Waals surface area contributed by atoms with Gasteiger partial charge in [-0.2, -0.15) is 0 Å². The number of fused-ring (bicyclic) bond motifs is 1. The van der Waals surface area contributed by atoms with Crippen LogP contribution in [0.15, 0.2) is 126 Å². The highest BCUT2D eigenvalue weighted by atomic mass is 35.5. The second kappa shape index (κ2) is 18.5. The highest BCUT2D eigenvalue weighted by molar-refractivity contribution is 7.99. The number of anilines is 3. The number of nitrogens with zero attached hydrogens (tertiary/aromatic N) is 7. The van der Waals surface area contributed by atoms with Gasteiger partial charge in [0.05, 0.1) is 15.3 Å². The van der Waals surface area contributed by atoms with Crippen LogP contribution in [0.1, 0.15) is 12.0 Å². The molecule has 0 spiro atoms. The van der Waals surface area contributed by atoms with Gasteiger partial charge in [-0.15, -0.1) is 11.8 Å². The lowest BCUT2D eigenvalue weighted by atomic mass is 10.0. The molecule has 6 aromatic rings. The first kappa shape index (κ1) is 40.9. The number of piperazine rings is 1. The molecule has 58 heavy (non-hydrogen) atoms. The molecule has 2 aromatic heterocycles. The van der Waals surface area contributed by atoms with E-state index in [1.54, 1.807) is 17.8 Å². The Hall–Kier alpha value is -5.32. The number of sulfonamides is 1. The Labute approximate surface area is 347 Å². The van der Waals surface area contributed by atoms with Crippen LogP contribution in [0.25, 0.3) is 22.0 Å². The summed E-state index contributed by atoms with van der Waals surface area (Å²) < 4.78 is 30.0. The zero-order valence-corrected chi connectivity index (χ0v) is 34.6. The van der Waals surface area contributed by atoms with E-state index in [1.807, 2.05) is 93.2 Å². The van der Waals surface area contributed by atoms with Gasteiger partial charge < -0.3 is 15.1 Å². The molecule has 1 aliphatic heterocycles. The Morgan fingerprint density at radius 1 is 0.948 bits per heavy atom. The van der Waals surface area contributed by atoms with Crippen molar-refractivity contribution in [3.8, 4) is 11.1 Å². The molecular formula is C42H44ClN9O4S2. The second-order valence-electron chi connectivity index (χ2n) is 14.3. The summed E-state index contributed by atoms with van der Waals surface area (Å²) in [6.45, 7) is 4.84. The van der Waals surface area contributed by atoms with Gasteiger partial charge in [0, 0.05) is 89.5 Å². The summed E-state index contributed by atoms with van der Waals surface area (Å²) in [5.41, 5.74) is 4.82. The first-order valence-electron chi connectivity index (χ1n) is 18.8. The van der Waals surface area contributed by atoms with Crippen LogP contribution in [0.4, 0.5) is 22.9 Å². The number of nitro benzene ring substituents is 1. The largest absolute Gasteiger partial charge is 0.376 e. The first-order chi connectivity index (χ1) is 28.0. The highest BCUT2D eigenvalue weighted by Crippen LogP contribution is 2.33. The molecule has 13 nitrogen and oxygen atoms in total. The maximum atomic E-state index is 13.7. The summed E-state index contributed by atoms with van der Waals surface area (Å²) in [7, 11) is -0.318. The second-order valence-corrected chi connectivity index (χ2v) is 17.5. The fourth-order valence-electron chi connectivity index (χ4n) is 6.86. The number of hydrogen-bond donors (Lipinski definition) is 2. The maximum absolute atomic E-state index is 13.7. The number of aromatic nitrogens is 3. The fourth-order valence-corrected chi connectivity index (χ4v) is 9.03. The number of halogens is 1. The van der Waals surface area contributed by atoms with Crippen LogP contribution in [0.5, 0.6) is 0 Å². The molecule has 1 aliphatic rings. The van der Waals surface area contributed by atoms with Crippen LogP contribution >= 0.6 is 23.4 Å². The summed E-state index contributed by atoms with van der Waals surface area (Å²) in [6.07, 6.45) is 5.76. The Morgan fingerprint density at radius 3 is 2.47 bits per heavy atom. The van der Waals surface area contributed by atoms with Crippen LogP contribution in [0.2, 0.25) is 5.02 Å². The van der Waals surface area contributed by atoms with Crippen molar-refractivity contribution in [2.24, 2.45) is 0 Å². The molecule has 300 valence electrons. The van der Waals surface area contributed by atoms with Crippen molar-refractivity contribution in [3.05, 3.63) is 136 Å². The monoisotopic (exact) mass is 837 g/mol. The van der Waals surface area contributed by atoms with Gasteiger partial charge in [0.1, 0.15) is 12.0 Å². The summed E-state index contributed by atoms with van der Waals surface area (Å²) >= 11 is 7.78. The number of benzene rings is 4. The van der Waals surface area contributed by atoms with E-state index < -0.39 is 14.9 Å². The van der Waals surface area contributed by atoms with Gasteiger partial charge in [0.15, 0.2) is 5.82 Å². The van der Waals surface area contributed by atoms with Gasteiger partial charge >= 0.3 is 0 Å². The Morgan fingerprint density at radius 2 is 1.72 bits per heavy atom. The van der Waals surface area contributed by atoms with Crippen molar-refractivity contribution in [1.29, 1.82) is 0 Å². The van der Waals surface area contributed by atoms with E-state index in [0.29, 0.717) is 21.7 Å². The van der Waals surface area contributed by atoms with Crippen molar-refractivity contribution in [1.82, 2.24) is 24.8 Å². The van der Waals surface area contributed by atoms with E-state index >= 15 is 0 Å². The molecule has 7 rings (SSSR count). The van der Waals surface area contributed by atoms with Gasteiger partial charge in [-0.25, -0.2) is 18.4 Å². The number of thioether (sulfide) groups is 1. The summed E-state index contributed by atoms with van der Waals surface area (Å²) in [5.74, 6) is 0.746. The molecule has 0 bridgehead atoms. The van der Waals surface area contributed by atoms with Crippen molar-refractivity contribution < 1.29 is 13.3 Å². The average molecular weight is 838 g/mol.